The van der Waals surface area contributed by atoms with Crippen LogP contribution in [0.25, 0.3) is 0 Å². The molecule has 9 nitrogen and oxygen atoms in total. The highest BCUT2D eigenvalue weighted by Crippen LogP contribution is 2.11. The van der Waals surface area contributed by atoms with Crippen LogP contribution in [0.1, 0.15) is 13.3 Å². The van der Waals surface area contributed by atoms with Gasteiger partial charge in [0.05, 0.1) is 24.9 Å². The van der Waals surface area contributed by atoms with E-state index >= 15 is 0 Å². The number of nitrogens with zero attached hydrogens (tertiary/aromatic N) is 1. The minimum atomic E-state index is -1.52. The monoisotopic (exact) mass is 297 g/mol. The van der Waals surface area contributed by atoms with Gasteiger partial charge in [-0.2, -0.15) is 0 Å². The Morgan fingerprint density at radius 3 is 2.52 bits per heavy atom. The van der Waals surface area contributed by atoms with Crippen molar-refractivity contribution in [2.24, 2.45) is 0 Å². The second-order valence-electron chi connectivity index (χ2n) is 3.91. The molecule has 0 aliphatic heterocycles. The normalized spacial score (nSPS) is 11.3. The summed E-state index contributed by atoms with van der Waals surface area (Å²) < 4.78 is 5.12. The van der Waals surface area contributed by atoms with Gasteiger partial charge in [0, 0.05) is 6.07 Å². The van der Waals surface area contributed by atoms with Crippen molar-refractivity contribution in [2.45, 2.75) is 19.4 Å². The van der Waals surface area contributed by atoms with Gasteiger partial charge in [-0.15, -0.1) is 0 Å². The number of carbonyl (C=O) groups is 3. The summed E-state index contributed by atoms with van der Waals surface area (Å²) in [5.41, 5.74) is 0.315. The lowest BCUT2D eigenvalue weighted by Gasteiger charge is -2.13. The number of carbonyl (C=O) groups excluding carboxylic acids is 1. The number of urea groups is 1. The zero-order chi connectivity index (χ0) is 15.8. The van der Waals surface area contributed by atoms with Crippen molar-refractivity contribution in [3.05, 3.63) is 18.3 Å². The summed E-state index contributed by atoms with van der Waals surface area (Å²) in [6, 6.07) is 0.697. The lowest BCUT2D eigenvalue weighted by molar-refractivity contribution is -0.145. The van der Waals surface area contributed by atoms with E-state index in [0.717, 1.165) is 0 Å². The van der Waals surface area contributed by atoms with Crippen LogP contribution in [0.3, 0.4) is 0 Å². The second kappa shape index (κ2) is 7.68. The molecule has 0 aliphatic carbocycles. The molecule has 1 rings (SSSR count). The zero-order valence-electron chi connectivity index (χ0n) is 11.2. The standard InChI is InChI=1S/C12H15N3O6/c1-2-21-9-4-3-7(6-13-9)14-12(20)15-8(11(18)19)5-10(16)17/h3-4,6,8H,2,5H2,1H3,(H,16,17)(H,18,19)(H2,14,15,20)/t8-/m1/s1. The van der Waals surface area contributed by atoms with Gasteiger partial charge in [-0.3, -0.25) is 4.79 Å². The molecule has 0 bridgehead atoms. The Bertz CT molecular complexity index is 516. The molecular formula is C12H15N3O6. The van der Waals surface area contributed by atoms with Gasteiger partial charge in [0.1, 0.15) is 6.04 Å². The molecule has 0 spiro atoms. The predicted molar refractivity (Wildman–Crippen MR) is 71.2 cm³/mol. The van der Waals surface area contributed by atoms with Gasteiger partial charge in [0.15, 0.2) is 0 Å². The van der Waals surface area contributed by atoms with Gasteiger partial charge in [-0.25, -0.2) is 14.6 Å². The average molecular weight is 297 g/mol. The highest BCUT2D eigenvalue weighted by atomic mass is 16.5. The van der Waals surface area contributed by atoms with E-state index in [4.69, 9.17) is 14.9 Å². The first-order chi connectivity index (χ1) is 9.92. The molecule has 0 aliphatic rings. The summed E-state index contributed by atoms with van der Waals surface area (Å²) in [4.78, 5) is 36.8. The number of rotatable bonds is 7. The highest BCUT2D eigenvalue weighted by molar-refractivity contribution is 5.93. The number of anilines is 1. The maximum absolute atomic E-state index is 11.6. The third-order valence-electron chi connectivity index (χ3n) is 2.27. The zero-order valence-corrected chi connectivity index (χ0v) is 11.2. The van der Waals surface area contributed by atoms with Crippen LogP contribution >= 0.6 is 0 Å². The number of pyridine rings is 1. The van der Waals surface area contributed by atoms with Crippen molar-refractivity contribution in [2.75, 3.05) is 11.9 Å². The first kappa shape index (κ1) is 16.2. The fourth-order valence-corrected chi connectivity index (χ4v) is 1.39. The molecule has 0 radical (unpaired) electrons. The molecule has 1 aromatic heterocycles. The van der Waals surface area contributed by atoms with Crippen molar-refractivity contribution in [3.63, 3.8) is 0 Å². The number of carboxylic acid groups (broad SMARTS) is 2. The molecule has 114 valence electrons. The molecule has 0 aromatic carbocycles. The van der Waals surface area contributed by atoms with Gasteiger partial charge in [-0.05, 0) is 13.0 Å². The lowest BCUT2D eigenvalue weighted by Crippen LogP contribution is -2.44. The molecule has 0 fully saturated rings. The third-order valence-corrected chi connectivity index (χ3v) is 2.27. The number of aromatic nitrogens is 1. The topological polar surface area (TPSA) is 138 Å². The maximum Gasteiger partial charge on any atom is 0.326 e. The number of aliphatic carboxylic acids is 2. The van der Waals surface area contributed by atoms with E-state index < -0.39 is 30.4 Å². The average Bonchev–Trinajstić information content (AvgIpc) is 2.40. The Hall–Kier alpha value is -2.84. The van der Waals surface area contributed by atoms with Crippen molar-refractivity contribution < 1.29 is 29.3 Å². The molecule has 0 unspecified atom stereocenters. The summed E-state index contributed by atoms with van der Waals surface area (Å²) in [7, 11) is 0. The van der Waals surface area contributed by atoms with Crippen LogP contribution in [-0.2, 0) is 9.59 Å². The Balaban J connectivity index is 2.59. The number of amides is 2. The molecule has 2 amide bonds. The fraction of sp³-hybridized carbons (Fsp3) is 0.333. The number of nitrogens with one attached hydrogen (secondary N) is 2. The number of ether oxygens (including phenoxy) is 1. The highest BCUT2D eigenvalue weighted by Gasteiger charge is 2.22. The number of hydrogen-bond donors (Lipinski definition) is 4. The molecule has 1 aromatic rings. The van der Waals surface area contributed by atoms with Crippen LogP contribution in [0.15, 0.2) is 18.3 Å². The largest absolute Gasteiger partial charge is 0.481 e. The Labute approximate surface area is 119 Å². The first-order valence-electron chi connectivity index (χ1n) is 6.03. The van der Waals surface area contributed by atoms with E-state index in [1.807, 2.05) is 5.32 Å². The van der Waals surface area contributed by atoms with E-state index in [1.54, 1.807) is 6.92 Å². The minimum Gasteiger partial charge on any atom is -0.481 e. The molecule has 1 heterocycles. The number of hydrogen-bond acceptors (Lipinski definition) is 5. The van der Waals surface area contributed by atoms with Gasteiger partial charge >= 0.3 is 18.0 Å². The van der Waals surface area contributed by atoms with E-state index in [1.165, 1.54) is 18.3 Å². The van der Waals surface area contributed by atoms with Crippen molar-refractivity contribution in [1.82, 2.24) is 10.3 Å². The molecule has 21 heavy (non-hydrogen) atoms. The molecule has 1 atom stereocenters. The van der Waals surface area contributed by atoms with Crippen LogP contribution < -0.4 is 15.4 Å². The van der Waals surface area contributed by atoms with Crippen LogP contribution in [0, 0.1) is 0 Å². The van der Waals surface area contributed by atoms with E-state index in [-0.39, 0.29) is 0 Å². The lowest BCUT2D eigenvalue weighted by atomic mass is 10.2. The third kappa shape index (κ3) is 5.76. The molecule has 9 heteroatoms. The van der Waals surface area contributed by atoms with Gasteiger partial charge in [0.25, 0.3) is 0 Å². The SMILES string of the molecule is CCOc1ccc(NC(=O)N[C@H](CC(=O)O)C(=O)O)cn1. The van der Waals surface area contributed by atoms with E-state index in [0.29, 0.717) is 18.2 Å². The molecule has 0 saturated carbocycles. The maximum atomic E-state index is 11.6. The summed E-state index contributed by atoms with van der Waals surface area (Å²) in [6.07, 6.45) is 0.613. The molecular weight excluding hydrogens is 282 g/mol. The summed E-state index contributed by atoms with van der Waals surface area (Å²) in [5, 5.41) is 21.7. The van der Waals surface area contributed by atoms with Crippen molar-refractivity contribution >= 4 is 23.7 Å². The Morgan fingerprint density at radius 1 is 1.33 bits per heavy atom. The van der Waals surface area contributed by atoms with Crippen LogP contribution in [0.2, 0.25) is 0 Å². The van der Waals surface area contributed by atoms with Crippen LogP contribution in [0.5, 0.6) is 5.88 Å². The van der Waals surface area contributed by atoms with Gasteiger partial charge in [-0.1, -0.05) is 0 Å². The predicted octanol–water partition coefficient (Wildman–Crippen LogP) is 0.530. The summed E-state index contributed by atoms with van der Waals surface area (Å²) >= 11 is 0. The summed E-state index contributed by atoms with van der Waals surface area (Å²) in [6.45, 7) is 2.26. The first-order valence-corrected chi connectivity index (χ1v) is 6.03. The van der Waals surface area contributed by atoms with Crippen molar-refractivity contribution in [3.8, 4) is 5.88 Å². The van der Waals surface area contributed by atoms with Crippen LogP contribution in [0.4, 0.5) is 10.5 Å². The van der Waals surface area contributed by atoms with Gasteiger partial charge < -0.3 is 25.6 Å². The molecule has 0 saturated heterocycles. The quantitative estimate of drug-likeness (QED) is 0.575. The Kier molecular flexibility index (Phi) is 5.93. The van der Waals surface area contributed by atoms with Gasteiger partial charge in [0.2, 0.25) is 5.88 Å². The molecule has 4 N–H and O–H groups in total. The van der Waals surface area contributed by atoms with E-state index in [9.17, 15) is 14.4 Å². The Morgan fingerprint density at radius 2 is 2.05 bits per heavy atom. The van der Waals surface area contributed by atoms with E-state index in [2.05, 4.69) is 10.3 Å². The fourth-order valence-electron chi connectivity index (χ4n) is 1.39. The number of carboxylic acids is 2. The summed E-state index contributed by atoms with van der Waals surface area (Å²) in [5.74, 6) is -2.37. The van der Waals surface area contributed by atoms with Crippen LogP contribution in [-0.4, -0.2) is 45.8 Å². The second-order valence-corrected chi connectivity index (χ2v) is 3.91. The minimum absolute atomic E-state index is 0.315. The van der Waals surface area contributed by atoms with Crippen molar-refractivity contribution in [1.29, 1.82) is 0 Å². The smallest absolute Gasteiger partial charge is 0.326 e.